The molecule has 0 spiro atoms. The van der Waals surface area contributed by atoms with Crippen molar-refractivity contribution in [2.45, 2.75) is 25.9 Å². The Hall–Kier alpha value is -0.880. The van der Waals surface area contributed by atoms with Crippen LogP contribution in [0.4, 0.5) is 0 Å². The van der Waals surface area contributed by atoms with Gasteiger partial charge in [-0.2, -0.15) is 0 Å². The highest BCUT2D eigenvalue weighted by atomic mass is 32.2. The molecule has 0 amide bonds. The molecule has 86 valence electrons. The van der Waals surface area contributed by atoms with Crippen LogP contribution in [0.3, 0.4) is 0 Å². The molecule has 1 heterocycles. The predicted molar refractivity (Wildman–Crippen MR) is 56.1 cm³/mol. The van der Waals surface area contributed by atoms with Crippen molar-refractivity contribution in [1.29, 1.82) is 0 Å². The van der Waals surface area contributed by atoms with Crippen molar-refractivity contribution in [2.75, 3.05) is 5.75 Å². The number of carbonyl (C=O) groups is 1. The standard InChI is InChI=1S/C9H15NO4S/c1-6(9(11)12)7(2)10-8-3-4-15(13,14)5-8/h3-4,6-8,10H,5H2,1-2H3,(H,11,12). The summed E-state index contributed by atoms with van der Waals surface area (Å²) in [6.07, 6.45) is 1.56. The molecular weight excluding hydrogens is 218 g/mol. The third-order valence-electron chi connectivity index (χ3n) is 2.55. The van der Waals surface area contributed by atoms with Gasteiger partial charge in [-0.25, -0.2) is 8.42 Å². The molecular formula is C9H15NO4S. The molecule has 1 aliphatic heterocycles. The van der Waals surface area contributed by atoms with E-state index in [4.69, 9.17) is 5.11 Å². The van der Waals surface area contributed by atoms with E-state index in [9.17, 15) is 13.2 Å². The summed E-state index contributed by atoms with van der Waals surface area (Å²) in [6, 6.07) is -0.530. The second-order valence-corrected chi connectivity index (χ2v) is 5.78. The zero-order valence-electron chi connectivity index (χ0n) is 8.67. The molecule has 0 aromatic heterocycles. The minimum Gasteiger partial charge on any atom is -0.481 e. The van der Waals surface area contributed by atoms with E-state index in [2.05, 4.69) is 5.32 Å². The number of hydrogen-bond donors (Lipinski definition) is 2. The topological polar surface area (TPSA) is 83.5 Å². The Morgan fingerprint density at radius 1 is 1.53 bits per heavy atom. The van der Waals surface area contributed by atoms with E-state index in [1.54, 1.807) is 19.9 Å². The highest BCUT2D eigenvalue weighted by Gasteiger charge is 2.26. The van der Waals surface area contributed by atoms with Crippen LogP contribution in [0.15, 0.2) is 11.5 Å². The lowest BCUT2D eigenvalue weighted by Gasteiger charge is -2.20. The first-order chi connectivity index (χ1) is 6.82. The van der Waals surface area contributed by atoms with Gasteiger partial charge in [0.05, 0.1) is 11.7 Å². The normalized spacial score (nSPS) is 27.5. The van der Waals surface area contributed by atoms with Gasteiger partial charge in [0.2, 0.25) is 0 Å². The molecule has 0 bridgehead atoms. The Labute approximate surface area is 89.1 Å². The van der Waals surface area contributed by atoms with Gasteiger partial charge in [-0.05, 0) is 6.92 Å². The van der Waals surface area contributed by atoms with Crippen molar-refractivity contribution in [3.63, 3.8) is 0 Å². The molecule has 3 unspecified atom stereocenters. The second kappa shape index (κ2) is 4.32. The average molecular weight is 233 g/mol. The van der Waals surface area contributed by atoms with Crippen molar-refractivity contribution in [1.82, 2.24) is 5.32 Å². The Kier molecular flexibility index (Phi) is 3.51. The number of sulfone groups is 1. The van der Waals surface area contributed by atoms with E-state index in [1.165, 1.54) is 5.41 Å². The van der Waals surface area contributed by atoms with E-state index in [0.29, 0.717) is 0 Å². The summed E-state index contributed by atoms with van der Waals surface area (Å²) < 4.78 is 22.2. The van der Waals surface area contributed by atoms with E-state index in [0.717, 1.165) is 0 Å². The molecule has 6 heteroatoms. The molecule has 1 aliphatic rings. The predicted octanol–water partition coefficient (Wildman–Crippen LogP) is -0.00410. The first-order valence-corrected chi connectivity index (χ1v) is 6.43. The van der Waals surface area contributed by atoms with Crippen LogP contribution in [0, 0.1) is 5.92 Å². The highest BCUT2D eigenvalue weighted by molar-refractivity contribution is 7.94. The van der Waals surface area contributed by atoms with E-state index in [1.807, 2.05) is 0 Å². The summed E-state index contributed by atoms with van der Waals surface area (Å²) >= 11 is 0. The van der Waals surface area contributed by atoms with Gasteiger partial charge in [0.25, 0.3) is 0 Å². The van der Waals surface area contributed by atoms with Crippen molar-refractivity contribution >= 4 is 15.8 Å². The Balaban J connectivity index is 2.51. The van der Waals surface area contributed by atoms with Gasteiger partial charge in [0.15, 0.2) is 9.84 Å². The van der Waals surface area contributed by atoms with Crippen molar-refractivity contribution in [2.24, 2.45) is 5.92 Å². The molecule has 0 aliphatic carbocycles. The van der Waals surface area contributed by atoms with Crippen molar-refractivity contribution < 1.29 is 18.3 Å². The lowest BCUT2D eigenvalue weighted by Crippen LogP contribution is -2.42. The zero-order valence-corrected chi connectivity index (χ0v) is 9.49. The zero-order chi connectivity index (χ0) is 11.6. The molecule has 0 aromatic rings. The van der Waals surface area contributed by atoms with Crippen LogP contribution in [-0.4, -0.2) is 37.3 Å². The number of aliphatic carboxylic acids is 1. The molecule has 1 rings (SSSR count). The number of carboxylic acids is 1. The van der Waals surface area contributed by atoms with Gasteiger partial charge in [0, 0.05) is 17.5 Å². The Bertz CT molecular complexity index is 374. The van der Waals surface area contributed by atoms with Gasteiger partial charge in [-0.1, -0.05) is 13.0 Å². The van der Waals surface area contributed by atoms with Crippen LogP contribution < -0.4 is 5.32 Å². The third-order valence-corrected chi connectivity index (χ3v) is 3.94. The van der Waals surface area contributed by atoms with Crippen molar-refractivity contribution in [3.8, 4) is 0 Å². The molecule has 2 N–H and O–H groups in total. The first-order valence-electron chi connectivity index (χ1n) is 4.71. The molecule has 15 heavy (non-hydrogen) atoms. The fraction of sp³-hybridized carbons (Fsp3) is 0.667. The smallest absolute Gasteiger partial charge is 0.307 e. The largest absolute Gasteiger partial charge is 0.481 e. The Morgan fingerprint density at radius 3 is 2.53 bits per heavy atom. The molecule has 3 atom stereocenters. The summed E-state index contributed by atoms with van der Waals surface area (Å²) in [5.74, 6) is -1.41. The van der Waals surface area contributed by atoms with Crippen molar-refractivity contribution in [3.05, 3.63) is 11.5 Å². The Morgan fingerprint density at radius 2 is 2.13 bits per heavy atom. The van der Waals surface area contributed by atoms with Crippen LogP contribution in [0.5, 0.6) is 0 Å². The van der Waals surface area contributed by atoms with Gasteiger partial charge in [0.1, 0.15) is 0 Å². The second-order valence-electron chi connectivity index (χ2n) is 3.85. The summed E-state index contributed by atoms with van der Waals surface area (Å²) in [7, 11) is -3.08. The third kappa shape index (κ3) is 3.32. The maximum absolute atomic E-state index is 11.1. The maximum atomic E-state index is 11.1. The lowest BCUT2D eigenvalue weighted by atomic mass is 10.0. The lowest BCUT2D eigenvalue weighted by molar-refractivity contribution is -0.141. The van der Waals surface area contributed by atoms with Crippen LogP contribution in [0.25, 0.3) is 0 Å². The van der Waals surface area contributed by atoms with E-state index >= 15 is 0 Å². The summed E-state index contributed by atoms with van der Waals surface area (Å²) in [5, 5.41) is 12.9. The first kappa shape index (κ1) is 12.2. The average Bonchev–Trinajstić information content (AvgIpc) is 2.43. The van der Waals surface area contributed by atoms with Crippen LogP contribution in [-0.2, 0) is 14.6 Å². The van der Waals surface area contributed by atoms with Crippen LogP contribution in [0.1, 0.15) is 13.8 Å². The van der Waals surface area contributed by atoms with E-state index < -0.39 is 21.7 Å². The quantitative estimate of drug-likeness (QED) is 0.714. The van der Waals surface area contributed by atoms with E-state index in [-0.39, 0.29) is 17.8 Å². The molecule has 0 saturated heterocycles. The number of carboxylic acid groups (broad SMARTS) is 1. The summed E-state index contributed by atoms with van der Waals surface area (Å²) in [4.78, 5) is 10.7. The minimum atomic E-state index is -3.08. The summed E-state index contributed by atoms with van der Waals surface area (Å²) in [6.45, 7) is 3.32. The van der Waals surface area contributed by atoms with Gasteiger partial charge < -0.3 is 10.4 Å². The molecule has 0 radical (unpaired) electrons. The molecule has 0 saturated carbocycles. The maximum Gasteiger partial charge on any atom is 0.307 e. The number of rotatable bonds is 4. The summed E-state index contributed by atoms with van der Waals surface area (Å²) in [5.41, 5.74) is 0. The van der Waals surface area contributed by atoms with Gasteiger partial charge >= 0.3 is 5.97 Å². The minimum absolute atomic E-state index is 0.0175. The number of hydrogen-bond acceptors (Lipinski definition) is 4. The molecule has 0 aromatic carbocycles. The van der Waals surface area contributed by atoms with Gasteiger partial charge in [-0.3, -0.25) is 4.79 Å². The van der Waals surface area contributed by atoms with Crippen LogP contribution in [0.2, 0.25) is 0 Å². The fourth-order valence-electron chi connectivity index (χ4n) is 1.38. The SMILES string of the molecule is CC(NC1C=CS(=O)(=O)C1)C(C)C(=O)O. The monoisotopic (exact) mass is 233 g/mol. The molecule has 0 fully saturated rings. The highest BCUT2D eigenvalue weighted by Crippen LogP contribution is 2.11. The molecule has 5 nitrogen and oxygen atoms in total. The van der Waals surface area contributed by atoms with Gasteiger partial charge in [-0.15, -0.1) is 0 Å². The number of nitrogens with one attached hydrogen (secondary N) is 1. The van der Waals surface area contributed by atoms with Crippen LogP contribution >= 0.6 is 0 Å². The fourth-order valence-corrected chi connectivity index (χ4v) is 2.62.